The van der Waals surface area contributed by atoms with E-state index in [9.17, 15) is 0 Å². The maximum Gasteiger partial charge on any atom is 0.0651 e. The third-order valence-electron chi connectivity index (χ3n) is 7.17. The van der Waals surface area contributed by atoms with Gasteiger partial charge in [-0.05, 0) is 87.0 Å². The maximum absolute atomic E-state index is 3.88. The topological polar surface area (TPSA) is 30.5 Å². The van der Waals surface area contributed by atoms with E-state index in [-0.39, 0.29) is 22.2 Å². The minimum atomic E-state index is 0.208. The Morgan fingerprint density at radius 1 is 0.607 bits per heavy atom. The van der Waals surface area contributed by atoms with Gasteiger partial charge in [-0.2, -0.15) is 0 Å². The molecule has 0 aromatic carbocycles. The summed E-state index contributed by atoms with van der Waals surface area (Å²) >= 11 is 0. The van der Waals surface area contributed by atoms with E-state index in [2.05, 4.69) is 89.7 Å². The molecule has 3 aliphatic heterocycles. The van der Waals surface area contributed by atoms with Crippen LogP contribution in [-0.2, 0) is 0 Å². The first-order valence-corrected chi connectivity index (χ1v) is 11.7. The van der Waals surface area contributed by atoms with E-state index in [0.29, 0.717) is 24.2 Å². The molecule has 0 aromatic rings. The lowest BCUT2D eigenvalue weighted by Gasteiger charge is -2.53. The molecule has 3 aliphatic rings. The molecular formula is C24H48N4. The number of hydrogen-bond donors (Lipinski definition) is 2. The Balaban J connectivity index is 1.83. The fourth-order valence-corrected chi connectivity index (χ4v) is 7.25. The fourth-order valence-electron chi connectivity index (χ4n) is 7.25. The van der Waals surface area contributed by atoms with E-state index in [1.807, 2.05) is 0 Å². The van der Waals surface area contributed by atoms with Crippen molar-refractivity contribution in [3.8, 4) is 0 Å². The van der Waals surface area contributed by atoms with Crippen molar-refractivity contribution in [3.05, 3.63) is 0 Å². The monoisotopic (exact) mass is 392 g/mol. The Morgan fingerprint density at radius 2 is 0.893 bits per heavy atom. The van der Waals surface area contributed by atoms with Gasteiger partial charge in [-0.1, -0.05) is 13.8 Å². The lowest BCUT2D eigenvalue weighted by molar-refractivity contribution is -0.0231. The van der Waals surface area contributed by atoms with Crippen molar-refractivity contribution >= 4 is 0 Å². The van der Waals surface area contributed by atoms with Gasteiger partial charge in [-0.25, -0.2) is 0 Å². The Kier molecular flexibility index (Phi) is 5.80. The van der Waals surface area contributed by atoms with Crippen molar-refractivity contribution in [3.63, 3.8) is 0 Å². The summed E-state index contributed by atoms with van der Waals surface area (Å²) in [6.07, 6.45) is 5.56. The van der Waals surface area contributed by atoms with Crippen LogP contribution in [0.1, 0.15) is 94.9 Å². The summed E-state index contributed by atoms with van der Waals surface area (Å²) in [5, 5.41) is 7.75. The van der Waals surface area contributed by atoms with Crippen LogP contribution in [0.25, 0.3) is 0 Å². The van der Waals surface area contributed by atoms with Crippen LogP contribution in [0.2, 0.25) is 0 Å². The second kappa shape index (κ2) is 7.21. The quantitative estimate of drug-likeness (QED) is 0.753. The van der Waals surface area contributed by atoms with Crippen LogP contribution in [0.15, 0.2) is 0 Å². The summed E-state index contributed by atoms with van der Waals surface area (Å²) < 4.78 is 0. The Labute approximate surface area is 175 Å². The Bertz CT molecular complexity index is 485. The van der Waals surface area contributed by atoms with Crippen LogP contribution in [0.4, 0.5) is 0 Å². The van der Waals surface area contributed by atoms with Gasteiger partial charge in [0.15, 0.2) is 0 Å². The molecule has 0 aliphatic carbocycles. The molecule has 4 nitrogen and oxygen atoms in total. The first kappa shape index (κ1) is 22.5. The van der Waals surface area contributed by atoms with Gasteiger partial charge in [0.25, 0.3) is 0 Å². The minimum Gasteiger partial charge on any atom is -0.307 e. The first-order chi connectivity index (χ1) is 12.6. The Hall–Kier alpha value is -0.160. The van der Waals surface area contributed by atoms with Crippen LogP contribution in [-0.4, -0.2) is 63.3 Å². The molecule has 3 saturated heterocycles. The lowest BCUT2D eigenvalue weighted by atomic mass is 9.78. The molecule has 3 heterocycles. The van der Waals surface area contributed by atoms with Crippen molar-refractivity contribution in [2.75, 3.05) is 13.1 Å². The van der Waals surface area contributed by atoms with E-state index in [1.165, 1.54) is 38.8 Å². The number of hydrogen-bond acceptors (Lipinski definition) is 4. The average molecular weight is 393 g/mol. The van der Waals surface area contributed by atoms with Gasteiger partial charge in [0, 0.05) is 47.3 Å². The zero-order valence-corrected chi connectivity index (χ0v) is 20.4. The normalized spacial score (nSPS) is 32.2. The highest BCUT2D eigenvalue weighted by atomic mass is 15.4. The summed E-state index contributed by atoms with van der Waals surface area (Å²) in [5.74, 6) is 0.657. The van der Waals surface area contributed by atoms with Crippen LogP contribution >= 0.6 is 0 Å². The third kappa shape index (κ3) is 4.94. The molecule has 164 valence electrons. The third-order valence-corrected chi connectivity index (χ3v) is 7.17. The number of nitrogens with one attached hydrogen (secondary N) is 2. The molecule has 28 heavy (non-hydrogen) atoms. The minimum absolute atomic E-state index is 0.208. The zero-order chi connectivity index (χ0) is 21.1. The summed E-state index contributed by atoms with van der Waals surface area (Å²) in [7, 11) is 0. The van der Waals surface area contributed by atoms with Gasteiger partial charge in [0.05, 0.1) is 6.17 Å². The molecule has 3 rings (SSSR count). The fraction of sp³-hybridized carbons (Fsp3) is 1.00. The van der Waals surface area contributed by atoms with Crippen LogP contribution in [0.3, 0.4) is 0 Å². The van der Waals surface area contributed by atoms with Gasteiger partial charge in [-0.3, -0.25) is 9.80 Å². The first-order valence-electron chi connectivity index (χ1n) is 11.7. The summed E-state index contributed by atoms with van der Waals surface area (Å²) in [6, 6.07) is 1.35. The van der Waals surface area contributed by atoms with Gasteiger partial charge in [-0.15, -0.1) is 0 Å². The number of nitrogens with zero attached hydrogens (tertiary/aromatic N) is 2. The molecule has 3 fully saturated rings. The molecule has 0 spiro atoms. The molecule has 0 saturated carbocycles. The van der Waals surface area contributed by atoms with Crippen molar-refractivity contribution in [2.45, 2.75) is 135 Å². The molecule has 0 unspecified atom stereocenters. The predicted octanol–water partition coefficient (Wildman–Crippen LogP) is 4.20. The molecule has 0 radical (unpaired) electrons. The molecule has 0 bridgehead atoms. The second-order valence-corrected chi connectivity index (χ2v) is 13.0. The summed E-state index contributed by atoms with van der Waals surface area (Å²) in [5.41, 5.74) is 0.834. The Morgan fingerprint density at radius 3 is 1.14 bits per heavy atom. The van der Waals surface area contributed by atoms with E-state index < -0.39 is 0 Å². The molecule has 0 atom stereocenters. The van der Waals surface area contributed by atoms with E-state index in [0.717, 1.165) is 0 Å². The zero-order valence-electron chi connectivity index (χ0n) is 20.4. The average Bonchev–Trinajstić information content (AvgIpc) is 2.85. The van der Waals surface area contributed by atoms with Crippen LogP contribution < -0.4 is 10.6 Å². The molecule has 2 N–H and O–H groups in total. The predicted molar refractivity (Wildman–Crippen MR) is 121 cm³/mol. The highest BCUT2D eigenvalue weighted by Crippen LogP contribution is 2.39. The van der Waals surface area contributed by atoms with Crippen molar-refractivity contribution in [2.24, 2.45) is 5.92 Å². The summed E-state index contributed by atoms with van der Waals surface area (Å²) in [6.45, 7) is 26.4. The van der Waals surface area contributed by atoms with Crippen molar-refractivity contribution < 1.29 is 0 Å². The molecular weight excluding hydrogens is 344 g/mol. The van der Waals surface area contributed by atoms with Gasteiger partial charge in [0.1, 0.15) is 0 Å². The van der Waals surface area contributed by atoms with E-state index in [4.69, 9.17) is 0 Å². The number of rotatable bonds is 3. The van der Waals surface area contributed by atoms with Gasteiger partial charge in [0.2, 0.25) is 0 Å². The molecule has 4 heteroatoms. The maximum atomic E-state index is 3.88. The molecule has 0 amide bonds. The largest absolute Gasteiger partial charge is 0.307 e. The second-order valence-electron chi connectivity index (χ2n) is 13.0. The molecule has 0 aromatic heterocycles. The van der Waals surface area contributed by atoms with E-state index >= 15 is 0 Å². The smallest absolute Gasteiger partial charge is 0.0651 e. The van der Waals surface area contributed by atoms with Gasteiger partial charge >= 0.3 is 0 Å². The SMILES string of the molecule is CC(C)C1N(C2CC(C)(C)NC(C)(C)C2)CCN1C1CC(C)(C)NC(C)(C)C1. The van der Waals surface area contributed by atoms with Crippen molar-refractivity contribution in [1.82, 2.24) is 20.4 Å². The van der Waals surface area contributed by atoms with Crippen LogP contribution in [0.5, 0.6) is 0 Å². The van der Waals surface area contributed by atoms with Gasteiger partial charge < -0.3 is 10.6 Å². The standard InChI is InChI=1S/C24H48N4/c1-17(2)20-27(18-13-21(3,4)25-22(5,6)14-18)11-12-28(20)19-15-23(7,8)26-24(9,10)16-19/h17-20,25-26H,11-16H2,1-10H3. The summed E-state index contributed by atoms with van der Waals surface area (Å²) in [4.78, 5) is 5.77. The highest BCUT2D eigenvalue weighted by Gasteiger charge is 2.49. The van der Waals surface area contributed by atoms with Crippen molar-refractivity contribution in [1.29, 1.82) is 0 Å². The highest BCUT2D eigenvalue weighted by molar-refractivity contribution is 5.06. The van der Waals surface area contributed by atoms with Crippen LogP contribution in [0, 0.1) is 5.92 Å². The van der Waals surface area contributed by atoms with E-state index in [1.54, 1.807) is 0 Å². The lowest BCUT2D eigenvalue weighted by Crippen LogP contribution is -2.65. The number of piperidine rings is 2.